The van der Waals surface area contributed by atoms with Gasteiger partial charge in [-0.05, 0) is 53.1 Å². The second-order valence-corrected chi connectivity index (χ2v) is 7.81. The van der Waals surface area contributed by atoms with E-state index in [-0.39, 0.29) is 11.7 Å². The highest BCUT2D eigenvalue weighted by Crippen LogP contribution is 2.26. The van der Waals surface area contributed by atoms with Crippen molar-refractivity contribution in [2.75, 3.05) is 0 Å². The summed E-state index contributed by atoms with van der Waals surface area (Å²) in [4.78, 5) is 13.3. The Morgan fingerprint density at radius 1 is 1.32 bits per heavy atom. The van der Waals surface area contributed by atoms with E-state index in [1.807, 2.05) is 17.5 Å². The summed E-state index contributed by atoms with van der Waals surface area (Å²) >= 11 is 2.69. The zero-order chi connectivity index (χ0) is 20.1. The zero-order valence-electron chi connectivity index (χ0n) is 14.4. The molecule has 2 heterocycles. The van der Waals surface area contributed by atoms with Crippen molar-refractivity contribution in [2.45, 2.75) is 30.2 Å². The highest BCUT2D eigenvalue weighted by Gasteiger charge is 2.31. The number of aromatic nitrogens is 4. The predicted molar refractivity (Wildman–Crippen MR) is 97.3 cm³/mol. The molecule has 0 fully saturated rings. The lowest BCUT2D eigenvalue weighted by molar-refractivity contribution is -0.274. The van der Waals surface area contributed by atoms with Crippen LogP contribution in [-0.2, 0) is 11.3 Å². The van der Waals surface area contributed by atoms with Crippen molar-refractivity contribution >= 4 is 29.0 Å². The summed E-state index contributed by atoms with van der Waals surface area (Å²) in [5.74, 6) is -0.526. The van der Waals surface area contributed by atoms with E-state index < -0.39 is 11.6 Å². The van der Waals surface area contributed by atoms with Crippen molar-refractivity contribution in [2.24, 2.45) is 0 Å². The van der Waals surface area contributed by atoms with E-state index in [9.17, 15) is 18.0 Å². The largest absolute Gasteiger partial charge is 0.573 e. The number of hydrogen-bond acceptors (Lipinski definition) is 7. The lowest BCUT2D eigenvalue weighted by Crippen LogP contribution is -2.30. The molecule has 0 saturated heterocycles. The average Bonchev–Trinajstić information content (AvgIpc) is 3.31. The summed E-state index contributed by atoms with van der Waals surface area (Å²) in [6.45, 7) is 2.15. The molecule has 0 aliphatic carbocycles. The highest BCUT2D eigenvalue weighted by molar-refractivity contribution is 8.00. The van der Waals surface area contributed by atoms with Gasteiger partial charge in [0.1, 0.15) is 5.75 Å². The van der Waals surface area contributed by atoms with Crippen molar-refractivity contribution < 1.29 is 22.7 Å². The number of carbonyl (C=O) groups is 1. The number of ether oxygens (including phenoxy) is 1. The number of benzene rings is 1. The molecule has 1 unspecified atom stereocenters. The second-order valence-electron chi connectivity index (χ2n) is 5.47. The summed E-state index contributed by atoms with van der Waals surface area (Å²) in [6.07, 6.45) is -4.76. The van der Waals surface area contributed by atoms with E-state index >= 15 is 0 Å². The maximum atomic E-state index is 12.3. The van der Waals surface area contributed by atoms with Gasteiger partial charge in [-0.2, -0.15) is 4.68 Å². The van der Waals surface area contributed by atoms with Gasteiger partial charge < -0.3 is 10.1 Å². The molecule has 0 aliphatic heterocycles. The van der Waals surface area contributed by atoms with E-state index in [4.69, 9.17) is 0 Å². The molecule has 3 rings (SSSR count). The molecule has 2 aromatic heterocycles. The number of thioether (sulfide) groups is 1. The van der Waals surface area contributed by atoms with E-state index in [0.717, 1.165) is 28.8 Å². The minimum absolute atomic E-state index is 0.179. The van der Waals surface area contributed by atoms with Crippen LogP contribution in [-0.4, -0.2) is 37.7 Å². The van der Waals surface area contributed by atoms with Gasteiger partial charge in [0.25, 0.3) is 0 Å². The fourth-order valence-electron chi connectivity index (χ4n) is 2.15. The molecule has 1 aromatic carbocycles. The SMILES string of the molecule is CC(Sc1nnnn1-c1ccc(OC(F)(F)F)cc1)C(=O)NCc1cccs1. The summed E-state index contributed by atoms with van der Waals surface area (Å²) in [5, 5.41) is 15.9. The molecule has 0 saturated carbocycles. The number of carbonyl (C=O) groups excluding carboxylic acids is 1. The maximum absolute atomic E-state index is 12.3. The van der Waals surface area contributed by atoms with Crippen molar-refractivity contribution in [3.8, 4) is 11.4 Å². The molecule has 148 valence electrons. The molecule has 1 atom stereocenters. The van der Waals surface area contributed by atoms with Gasteiger partial charge in [0.15, 0.2) is 0 Å². The molecular formula is C16H14F3N5O2S2. The van der Waals surface area contributed by atoms with Gasteiger partial charge in [-0.15, -0.1) is 29.6 Å². The third kappa shape index (κ3) is 5.45. The van der Waals surface area contributed by atoms with Crippen LogP contribution in [0, 0.1) is 0 Å². The van der Waals surface area contributed by atoms with Crippen LogP contribution in [0.1, 0.15) is 11.8 Å². The van der Waals surface area contributed by atoms with Crippen LogP contribution in [0.15, 0.2) is 46.9 Å². The van der Waals surface area contributed by atoms with Crippen molar-refractivity contribution in [1.29, 1.82) is 0 Å². The highest BCUT2D eigenvalue weighted by atomic mass is 32.2. The topological polar surface area (TPSA) is 81.9 Å². The third-order valence-corrected chi connectivity index (χ3v) is 5.33. The molecular weight excluding hydrogens is 415 g/mol. The maximum Gasteiger partial charge on any atom is 0.573 e. The van der Waals surface area contributed by atoms with Gasteiger partial charge in [-0.25, -0.2) is 0 Å². The first-order valence-electron chi connectivity index (χ1n) is 7.93. The lowest BCUT2D eigenvalue weighted by Gasteiger charge is -2.12. The van der Waals surface area contributed by atoms with Gasteiger partial charge in [0.2, 0.25) is 11.1 Å². The Labute approximate surface area is 165 Å². The zero-order valence-corrected chi connectivity index (χ0v) is 16.0. The number of nitrogens with one attached hydrogen (secondary N) is 1. The van der Waals surface area contributed by atoms with E-state index in [1.165, 1.54) is 16.8 Å². The smallest absolute Gasteiger partial charge is 0.406 e. The van der Waals surface area contributed by atoms with Gasteiger partial charge in [-0.1, -0.05) is 17.8 Å². The molecule has 0 aliphatic rings. The standard InChI is InChI=1S/C16H14F3N5O2S2/c1-10(14(25)20-9-13-3-2-8-27-13)28-15-21-22-23-24(15)11-4-6-12(7-5-11)26-16(17,18)19/h2-8,10H,9H2,1H3,(H,20,25). The number of amides is 1. The monoisotopic (exact) mass is 429 g/mol. The summed E-state index contributed by atoms with van der Waals surface area (Å²) in [7, 11) is 0. The van der Waals surface area contributed by atoms with E-state index in [2.05, 4.69) is 25.6 Å². The number of halogens is 3. The number of alkyl halides is 3. The molecule has 3 aromatic rings. The first-order chi connectivity index (χ1) is 13.3. The number of nitrogens with zero attached hydrogens (tertiary/aromatic N) is 4. The molecule has 1 amide bonds. The first-order valence-corrected chi connectivity index (χ1v) is 9.69. The Balaban J connectivity index is 1.63. The summed E-state index contributed by atoms with van der Waals surface area (Å²) < 4.78 is 41.9. The van der Waals surface area contributed by atoms with Crippen LogP contribution in [0.5, 0.6) is 5.75 Å². The van der Waals surface area contributed by atoms with Gasteiger partial charge in [0.05, 0.1) is 17.5 Å². The Morgan fingerprint density at radius 2 is 2.07 bits per heavy atom. The minimum atomic E-state index is -4.76. The van der Waals surface area contributed by atoms with Crippen molar-refractivity contribution in [1.82, 2.24) is 25.5 Å². The number of rotatable bonds is 7. The van der Waals surface area contributed by atoms with Crippen LogP contribution in [0.4, 0.5) is 13.2 Å². The fraction of sp³-hybridized carbons (Fsp3) is 0.250. The third-order valence-electron chi connectivity index (χ3n) is 3.42. The van der Waals surface area contributed by atoms with Crippen molar-refractivity contribution in [3.63, 3.8) is 0 Å². The Bertz CT molecular complexity index is 913. The first kappa shape index (κ1) is 20.1. The quantitative estimate of drug-likeness (QED) is 0.580. The summed E-state index contributed by atoms with van der Waals surface area (Å²) in [6, 6.07) is 8.94. The molecule has 28 heavy (non-hydrogen) atoms. The number of tetrazole rings is 1. The van der Waals surface area contributed by atoms with Gasteiger partial charge in [-0.3, -0.25) is 4.79 Å². The minimum Gasteiger partial charge on any atom is -0.406 e. The van der Waals surface area contributed by atoms with Crippen LogP contribution in [0.2, 0.25) is 0 Å². The number of hydrogen-bond donors (Lipinski definition) is 1. The normalized spacial score (nSPS) is 12.6. The molecule has 0 bridgehead atoms. The van der Waals surface area contributed by atoms with Crippen LogP contribution >= 0.6 is 23.1 Å². The Kier molecular flexibility index (Phi) is 6.19. The molecule has 7 nitrogen and oxygen atoms in total. The molecule has 0 radical (unpaired) electrons. The fourth-order valence-corrected chi connectivity index (χ4v) is 3.62. The van der Waals surface area contributed by atoms with Crippen LogP contribution < -0.4 is 10.1 Å². The Morgan fingerprint density at radius 3 is 2.71 bits per heavy atom. The molecule has 12 heteroatoms. The Hall–Kier alpha value is -2.60. The second kappa shape index (κ2) is 8.61. The summed E-state index contributed by atoms with van der Waals surface area (Å²) in [5.41, 5.74) is 0.438. The van der Waals surface area contributed by atoms with Crippen LogP contribution in [0.25, 0.3) is 5.69 Å². The van der Waals surface area contributed by atoms with Gasteiger partial charge in [0, 0.05) is 4.88 Å². The predicted octanol–water partition coefficient (Wildman–Crippen LogP) is 3.42. The van der Waals surface area contributed by atoms with E-state index in [1.54, 1.807) is 18.3 Å². The average molecular weight is 429 g/mol. The van der Waals surface area contributed by atoms with Crippen molar-refractivity contribution in [3.05, 3.63) is 46.7 Å². The molecule has 0 spiro atoms. The number of thiophene rings is 1. The lowest BCUT2D eigenvalue weighted by atomic mass is 10.3. The van der Waals surface area contributed by atoms with E-state index in [0.29, 0.717) is 17.4 Å². The van der Waals surface area contributed by atoms with Crippen LogP contribution in [0.3, 0.4) is 0 Å². The molecule has 1 N–H and O–H groups in total. The van der Waals surface area contributed by atoms with Gasteiger partial charge >= 0.3 is 6.36 Å².